The molecule has 1 aliphatic rings. The Hall–Kier alpha value is -3.34. The highest BCUT2D eigenvalue weighted by molar-refractivity contribution is 5.98. The third-order valence-electron chi connectivity index (χ3n) is 5.76. The zero-order chi connectivity index (χ0) is 20.5. The van der Waals surface area contributed by atoms with Crippen molar-refractivity contribution >= 4 is 17.0 Å². The number of rotatable bonds is 4. The summed E-state index contributed by atoms with van der Waals surface area (Å²) in [5.41, 5.74) is 4.12. The van der Waals surface area contributed by atoms with Crippen LogP contribution in [-0.2, 0) is 6.54 Å². The number of likely N-dealkylation sites (tertiary alicyclic amines) is 1. The molecule has 5 heteroatoms. The topological polar surface area (TPSA) is 38.4 Å². The number of benzene rings is 2. The van der Waals surface area contributed by atoms with E-state index < -0.39 is 0 Å². The van der Waals surface area contributed by atoms with E-state index in [0.717, 1.165) is 42.6 Å². The normalized spacial score (nSPS) is 14.4. The molecule has 4 aromatic rings. The maximum absolute atomic E-state index is 13.3. The summed E-state index contributed by atoms with van der Waals surface area (Å²) in [6.07, 6.45) is 3.28. The second-order valence-electron chi connectivity index (χ2n) is 7.82. The highest BCUT2D eigenvalue weighted by Gasteiger charge is 2.25. The van der Waals surface area contributed by atoms with E-state index in [1.165, 1.54) is 18.6 Å². The molecule has 4 nitrogen and oxygen atoms in total. The van der Waals surface area contributed by atoms with E-state index in [2.05, 4.69) is 12.1 Å². The van der Waals surface area contributed by atoms with Crippen LogP contribution >= 0.6 is 0 Å². The largest absolute Gasteiger partial charge is 0.454 e. The van der Waals surface area contributed by atoms with E-state index in [-0.39, 0.29) is 11.7 Å². The Morgan fingerprint density at radius 3 is 2.40 bits per heavy atom. The number of nitrogens with zero attached hydrogens (tertiary/aromatic N) is 2. The number of aromatic nitrogens is 1. The molecule has 0 unspecified atom stereocenters. The standard InChI is InChI=1S/C25H23FN2O2/c26-20-11-9-19(10-12-20)23-15-21-24(30-23)16-22(25(29)27-13-5-2-6-14-27)28(21)17-18-7-3-1-4-8-18/h1,3-4,7-12,15-16H,2,5-6,13-14,17H2. The first-order valence-corrected chi connectivity index (χ1v) is 10.4. The van der Waals surface area contributed by atoms with Crippen molar-refractivity contribution < 1.29 is 13.6 Å². The van der Waals surface area contributed by atoms with E-state index in [9.17, 15) is 9.18 Å². The van der Waals surface area contributed by atoms with Crippen LogP contribution in [0.3, 0.4) is 0 Å². The van der Waals surface area contributed by atoms with Gasteiger partial charge in [0, 0.05) is 37.3 Å². The fraction of sp³-hybridized carbons (Fsp3) is 0.240. The van der Waals surface area contributed by atoms with Gasteiger partial charge in [0.2, 0.25) is 0 Å². The summed E-state index contributed by atoms with van der Waals surface area (Å²) in [7, 11) is 0. The molecule has 30 heavy (non-hydrogen) atoms. The number of hydrogen-bond donors (Lipinski definition) is 0. The fourth-order valence-electron chi connectivity index (χ4n) is 4.17. The minimum Gasteiger partial charge on any atom is -0.454 e. The Balaban J connectivity index is 1.58. The summed E-state index contributed by atoms with van der Waals surface area (Å²) in [6, 6.07) is 20.1. The van der Waals surface area contributed by atoms with Crippen molar-refractivity contribution in [3.8, 4) is 11.3 Å². The number of fused-ring (bicyclic) bond motifs is 1. The van der Waals surface area contributed by atoms with Crippen LogP contribution in [0, 0.1) is 5.82 Å². The van der Waals surface area contributed by atoms with Crippen molar-refractivity contribution in [3.63, 3.8) is 0 Å². The average Bonchev–Trinajstić information content (AvgIpc) is 3.34. The first kappa shape index (κ1) is 18.7. The number of hydrogen-bond acceptors (Lipinski definition) is 2. The average molecular weight is 402 g/mol. The molecule has 0 saturated carbocycles. The summed E-state index contributed by atoms with van der Waals surface area (Å²) in [4.78, 5) is 15.2. The van der Waals surface area contributed by atoms with Crippen LogP contribution in [0.25, 0.3) is 22.4 Å². The van der Waals surface area contributed by atoms with E-state index in [4.69, 9.17) is 4.42 Å². The molecular weight excluding hydrogens is 379 g/mol. The van der Waals surface area contributed by atoms with Gasteiger partial charge in [-0.15, -0.1) is 0 Å². The number of carbonyl (C=O) groups excluding carboxylic acids is 1. The molecule has 3 heterocycles. The molecule has 0 radical (unpaired) electrons. The number of carbonyl (C=O) groups is 1. The number of amides is 1. The van der Waals surface area contributed by atoms with Crippen molar-refractivity contribution in [1.82, 2.24) is 9.47 Å². The predicted octanol–water partition coefficient (Wildman–Crippen LogP) is 5.71. The summed E-state index contributed by atoms with van der Waals surface area (Å²) in [5, 5.41) is 0. The first-order valence-electron chi connectivity index (χ1n) is 10.4. The Morgan fingerprint density at radius 1 is 0.933 bits per heavy atom. The Labute approximate surface area is 174 Å². The van der Waals surface area contributed by atoms with Crippen molar-refractivity contribution in [2.24, 2.45) is 0 Å². The van der Waals surface area contributed by atoms with Crippen LogP contribution in [-0.4, -0.2) is 28.5 Å². The summed E-state index contributed by atoms with van der Waals surface area (Å²) >= 11 is 0. The van der Waals surface area contributed by atoms with Crippen LogP contribution in [0.5, 0.6) is 0 Å². The van der Waals surface area contributed by atoms with Gasteiger partial charge in [0.05, 0.1) is 5.52 Å². The zero-order valence-corrected chi connectivity index (χ0v) is 16.7. The maximum Gasteiger partial charge on any atom is 0.270 e. The van der Waals surface area contributed by atoms with Crippen molar-refractivity contribution in [2.45, 2.75) is 25.8 Å². The van der Waals surface area contributed by atoms with Gasteiger partial charge >= 0.3 is 0 Å². The molecule has 0 N–H and O–H groups in total. The fourth-order valence-corrected chi connectivity index (χ4v) is 4.17. The zero-order valence-electron chi connectivity index (χ0n) is 16.7. The van der Waals surface area contributed by atoms with Gasteiger partial charge in [0.25, 0.3) is 5.91 Å². The van der Waals surface area contributed by atoms with Gasteiger partial charge in [-0.2, -0.15) is 0 Å². The second-order valence-corrected chi connectivity index (χ2v) is 7.82. The quantitative estimate of drug-likeness (QED) is 0.438. The van der Waals surface area contributed by atoms with E-state index >= 15 is 0 Å². The van der Waals surface area contributed by atoms with Crippen LogP contribution in [0.4, 0.5) is 4.39 Å². The van der Waals surface area contributed by atoms with E-state index in [1.54, 1.807) is 12.1 Å². The van der Waals surface area contributed by atoms with Crippen LogP contribution in [0.15, 0.2) is 71.1 Å². The number of furan rings is 1. The lowest BCUT2D eigenvalue weighted by atomic mass is 10.1. The number of piperidine rings is 1. The Morgan fingerprint density at radius 2 is 1.67 bits per heavy atom. The summed E-state index contributed by atoms with van der Waals surface area (Å²) in [6.45, 7) is 2.19. The van der Waals surface area contributed by atoms with Gasteiger partial charge in [-0.05, 0) is 49.1 Å². The summed E-state index contributed by atoms with van der Waals surface area (Å²) < 4.78 is 21.4. The monoisotopic (exact) mass is 402 g/mol. The minimum atomic E-state index is -0.280. The van der Waals surface area contributed by atoms with Gasteiger partial charge in [0.1, 0.15) is 17.3 Å². The molecule has 1 aliphatic heterocycles. The highest BCUT2D eigenvalue weighted by Crippen LogP contribution is 2.32. The predicted molar refractivity (Wildman–Crippen MR) is 115 cm³/mol. The van der Waals surface area contributed by atoms with Crippen molar-refractivity contribution in [2.75, 3.05) is 13.1 Å². The summed E-state index contributed by atoms with van der Waals surface area (Å²) in [5.74, 6) is 0.442. The molecular formula is C25H23FN2O2. The van der Waals surface area contributed by atoms with Gasteiger partial charge in [-0.1, -0.05) is 30.3 Å². The molecule has 1 amide bonds. The van der Waals surface area contributed by atoms with Gasteiger partial charge in [0.15, 0.2) is 5.58 Å². The minimum absolute atomic E-state index is 0.0559. The van der Waals surface area contributed by atoms with Crippen molar-refractivity contribution in [1.29, 1.82) is 0 Å². The van der Waals surface area contributed by atoms with E-state index in [0.29, 0.717) is 23.6 Å². The smallest absolute Gasteiger partial charge is 0.270 e. The van der Waals surface area contributed by atoms with Crippen LogP contribution < -0.4 is 0 Å². The second kappa shape index (κ2) is 7.82. The Bertz CT molecular complexity index is 1170. The first-order chi connectivity index (χ1) is 14.7. The van der Waals surface area contributed by atoms with Gasteiger partial charge in [-0.3, -0.25) is 4.79 Å². The molecule has 0 aliphatic carbocycles. The number of halogens is 1. The molecule has 2 aromatic heterocycles. The third-order valence-corrected chi connectivity index (χ3v) is 5.76. The lowest BCUT2D eigenvalue weighted by molar-refractivity contribution is 0.0714. The third kappa shape index (κ3) is 3.52. The molecule has 5 rings (SSSR count). The van der Waals surface area contributed by atoms with Crippen LogP contribution in [0.2, 0.25) is 0 Å². The van der Waals surface area contributed by atoms with Gasteiger partial charge in [-0.25, -0.2) is 4.39 Å². The highest BCUT2D eigenvalue weighted by atomic mass is 19.1. The Kier molecular flexibility index (Phi) is 4.87. The van der Waals surface area contributed by atoms with Crippen LogP contribution in [0.1, 0.15) is 35.3 Å². The maximum atomic E-state index is 13.3. The lowest BCUT2D eigenvalue weighted by Gasteiger charge is -2.27. The molecule has 1 fully saturated rings. The molecule has 0 atom stereocenters. The molecule has 152 valence electrons. The SMILES string of the molecule is O=C(c1cc2oc(-c3ccc(F)cc3)cc2n1Cc1ccccc1)N1CCCCC1. The van der Waals surface area contributed by atoms with E-state index in [1.807, 2.05) is 39.8 Å². The van der Waals surface area contributed by atoms with Gasteiger partial charge < -0.3 is 13.9 Å². The molecule has 0 spiro atoms. The van der Waals surface area contributed by atoms with Crippen molar-refractivity contribution in [3.05, 3.63) is 83.8 Å². The molecule has 2 aromatic carbocycles. The molecule has 1 saturated heterocycles. The molecule has 0 bridgehead atoms. The lowest BCUT2D eigenvalue weighted by Crippen LogP contribution is -2.36.